The highest BCUT2D eigenvalue weighted by atomic mass is 15.2. The molecule has 4 rings (SSSR count). The van der Waals surface area contributed by atoms with Crippen LogP contribution in [0.1, 0.15) is 18.9 Å². The van der Waals surface area contributed by atoms with E-state index in [-0.39, 0.29) is 5.54 Å². The molecule has 2 aliphatic rings. The molecule has 2 saturated heterocycles. The third-order valence-corrected chi connectivity index (χ3v) is 5.31. The van der Waals surface area contributed by atoms with Crippen LogP contribution in [-0.2, 0) is 0 Å². The van der Waals surface area contributed by atoms with Gasteiger partial charge in [0.25, 0.3) is 0 Å². The van der Waals surface area contributed by atoms with Crippen molar-refractivity contribution in [1.29, 1.82) is 0 Å². The van der Waals surface area contributed by atoms with E-state index in [0.29, 0.717) is 0 Å². The molecule has 3 heteroatoms. The van der Waals surface area contributed by atoms with Gasteiger partial charge in [-0.05, 0) is 50.9 Å². The summed E-state index contributed by atoms with van der Waals surface area (Å²) in [6.45, 7) is 7.88. The van der Waals surface area contributed by atoms with Crippen LogP contribution in [0.2, 0.25) is 0 Å². The second kappa shape index (κ2) is 5.10. The Morgan fingerprint density at radius 3 is 2.91 bits per heavy atom. The fraction of sp³-hybridized carbons (Fsp3) is 0.421. The van der Waals surface area contributed by atoms with Gasteiger partial charge in [-0.3, -0.25) is 4.98 Å². The quantitative estimate of drug-likeness (QED) is 0.921. The Morgan fingerprint density at radius 1 is 1.27 bits per heavy atom. The molecule has 114 valence electrons. The van der Waals surface area contributed by atoms with E-state index in [1.54, 1.807) is 0 Å². The number of anilines is 1. The van der Waals surface area contributed by atoms with E-state index in [4.69, 9.17) is 0 Å². The predicted octanol–water partition coefficient (Wildman–Crippen LogP) is 3.25. The average molecular weight is 293 g/mol. The Hall–Kier alpha value is -1.87. The Balaban J connectivity index is 1.56. The largest absolute Gasteiger partial charge is 0.368 e. The first-order valence-electron chi connectivity index (χ1n) is 8.17. The van der Waals surface area contributed by atoms with Crippen LogP contribution in [0.15, 0.2) is 42.6 Å². The Bertz CT molecular complexity index is 679. The highest BCUT2D eigenvalue weighted by molar-refractivity contribution is 5.62. The van der Waals surface area contributed by atoms with Crippen molar-refractivity contribution in [3.05, 3.63) is 48.2 Å². The number of aromatic nitrogens is 1. The van der Waals surface area contributed by atoms with Crippen LogP contribution in [0.4, 0.5) is 5.69 Å². The smallest absolute Gasteiger partial charge is 0.0703 e. The molecule has 0 amide bonds. The fourth-order valence-corrected chi connectivity index (χ4v) is 3.94. The maximum absolute atomic E-state index is 4.69. The molecule has 0 aliphatic carbocycles. The molecule has 2 atom stereocenters. The molecule has 2 aliphatic heterocycles. The SMILES string of the molecule is Cc1cccc(-c2ccc(N3CC4CCNC4(C)C3)cn2)c1. The van der Waals surface area contributed by atoms with Crippen molar-refractivity contribution >= 4 is 5.69 Å². The van der Waals surface area contributed by atoms with Gasteiger partial charge in [0.15, 0.2) is 0 Å². The molecule has 22 heavy (non-hydrogen) atoms. The van der Waals surface area contributed by atoms with Gasteiger partial charge in [-0.2, -0.15) is 0 Å². The predicted molar refractivity (Wildman–Crippen MR) is 91.1 cm³/mol. The van der Waals surface area contributed by atoms with E-state index < -0.39 is 0 Å². The zero-order chi connectivity index (χ0) is 15.2. The Labute approximate surface area is 132 Å². The molecule has 1 aromatic heterocycles. The van der Waals surface area contributed by atoms with Gasteiger partial charge in [0, 0.05) is 24.2 Å². The summed E-state index contributed by atoms with van der Waals surface area (Å²) in [6.07, 6.45) is 3.32. The Morgan fingerprint density at radius 2 is 2.18 bits per heavy atom. The number of pyridine rings is 1. The lowest BCUT2D eigenvalue weighted by Crippen LogP contribution is -2.43. The zero-order valence-electron chi connectivity index (χ0n) is 13.3. The van der Waals surface area contributed by atoms with Crippen molar-refractivity contribution in [2.75, 3.05) is 24.5 Å². The van der Waals surface area contributed by atoms with E-state index in [0.717, 1.165) is 24.7 Å². The number of nitrogens with zero attached hydrogens (tertiary/aromatic N) is 2. The number of aryl methyl sites for hydroxylation is 1. The third-order valence-electron chi connectivity index (χ3n) is 5.31. The lowest BCUT2D eigenvalue weighted by atomic mass is 9.91. The molecule has 1 aromatic carbocycles. The van der Waals surface area contributed by atoms with Gasteiger partial charge in [-0.1, -0.05) is 23.8 Å². The minimum absolute atomic E-state index is 0.287. The van der Waals surface area contributed by atoms with Gasteiger partial charge >= 0.3 is 0 Å². The lowest BCUT2D eigenvalue weighted by molar-refractivity contribution is 0.386. The van der Waals surface area contributed by atoms with E-state index in [2.05, 4.69) is 65.4 Å². The van der Waals surface area contributed by atoms with Gasteiger partial charge in [0.1, 0.15) is 0 Å². The monoisotopic (exact) mass is 293 g/mol. The second-order valence-electron chi connectivity index (χ2n) is 6.98. The summed E-state index contributed by atoms with van der Waals surface area (Å²) in [4.78, 5) is 7.17. The molecule has 0 bridgehead atoms. The summed E-state index contributed by atoms with van der Waals surface area (Å²) in [5.74, 6) is 0.768. The van der Waals surface area contributed by atoms with Crippen molar-refractivity contribution < 1.29 is 0 Å². The normalized spacial score (nSPS) is 27.2. The summed E-state index contributed by atoms with van der Waals surface area (Å²) >= 11 is 0. The number of rotatable bonds is 2. The van der Waals surface area contributed by atoms with E-state index in [1.165, 1.54) is 29.8 Å². The minimum Gasteiger partial charge on any atom is -0.368 e. The number of fused-ring (bicyclic) bond motifs is 1. The van der Waals surface area contributed by atoms with E-state index >= 15 is 0 Å². The number of hydrogen-bond acceptors (Lipinski definition) is 3. The van der Waals surface area contributed by atoms with Crippen LogP contribution >= 0.6 is 0 Å². The lowest BCUT2D eigenvalue weighted by Gasteiger charge is -2.24. The zero-order valence-corrected chi connectivity index (χ0v) is 13.3. The summed E-state index contributed by atoms with van der Waals surface area (Å²) in [7, 11) is 0. The Kier molecular flexibility index (Phi) is 3.19. The summed E-state index contributed by atoms with van der Waals surface area (Å²) < 4.78 is 0. The highest BCUT2D eigenvalue weighted by Crippen LogP contribution is 2.36. The van der Waals surface area contributed by atoms with E-state index in [1.807, 2.05) is 6.20 Å². The maximum atomic E-state index is 4.69. The summed E-state index contributed by atoms with van der Waals surface area (Å²) in [5.41, 5.74) is 5.05. The first-order valence-corrected chi connectivity index (χ1v) is 8.17. The van der Waals surface area contributed by atoms with Crippen LogP contribution in [0, 0.1) is 12.8 Å². The summed E-state index contributed by atoms with van der Waals surface area (Å²) in [5, 5.41) is 3.68. The molecule has 1 N–H and O–H groups in total. The molecule has 2 fully saturated rings. The van der Waals surface area contributed by atoms with Gasteiger partial charge in [-0.25, -0.2) is 0 Å². The van der Waals surface area contributed by atoms with Crippen molar-refractivity contribution in [2.45, 2.75) is 25.8 Å². The van der Waals surface area contributed by atoms with Crippen LogP contribution in [0.5, 0.6) is 0 Å². The molecular formula is C19H23N3. The maximum Gasteiger partial charge on any atom is 0.0703 e. The molecule has 2 aromatic rings. The molecule has 0 spiro atoms. The number of benzene rings is 1. The first-order chi connectivity index (χ1) is 10.6. The summed E-state index contributed by atoms with van der Waals surface area (Å²) in [6, 6.07) is 12.9. The van der Waals surface area contributed by atoms with Crippen molar-refractivity contribution in [3.8, 4) is 11.3 Å². The van der Waals surface area contributed by atoms with Crippen LogP contribution < -0.4 is 10.2 Å². The first kappa shape index (κ1) is 13.8. The van der Waals surface area contributed by atoms with Crippen molar-refractivity contribution in [2.24, 2.45) is 5.92 Å². The molecular weight excluding hydrogens is 270 g/mol. The second-order valence-corrected chi connectivity index (χ2v) is 6.98. The molecule has 0 radical (unpaired) electrons. The molecule has 2 unspecified atom stereocenters. The highest BCUT2D eigenvalue weighted by Gasteiger charge is 2.45. The molecule has 3 nitrogen and oxygen atoms in total. The molecule has 0 saturated carbocycles. The molecule has 3 heterocycles. The van der Waals surface area contributed by atoms with Gasteiger partial charge in [-0.15, -0.1) is 0 Å². The van der Waals surface area contributed by atoms with Crippen LogP contribution in [0.25, 0.3) is 11.3 Å². The topological polar surface area (TPSA) is 28.2 Å². The van der Waals surface area contributed by atoms with Crippen molar-refractivity contribution in [3.63, 3.8) is 0 Å². The minimum atomic E-state index is 0.287. The van der Waals surface area contributed by atoms with Crippen LogP contribution in [0.3, 0.4) is 0 Å². The van der Waals surface area contributed by atoms with Crippen molar-refractivity contribution in [1.82, 2.24) is 10.3 Å². The number of hydrogen-bond donors (Lipinski definition) is 1. The number of nitrogens with one attached hydrogen (secondary N) is 1. The van der Waals surface area contributed by atoms with Gasteiger partial charge < -0.3 is 10.2 Å². The average Bonchev–Trinajstić information content (AvgIpc) is 3.02. The fourth-order valence-electron chi connectivity index (χ4n) is 3.94. The van der Waals surface area contributed by atoms with Gasteiger partial charge in [0.2, 0.25) is 0 Å². The van der Waals surface area contributed by atoms with Gasteiger partial charge in [0.05, 0.1) is 17.6 Å². The standard InChI is InChI=1S/C19H23N3/c1-14-4-3-5-15(10-14)18-7-6-17(11-20-18)22-12-16-8-9-21-19(16,2)13-22/h3-7,10-11,16,21H,8-9,12-13H2,1-2H3. The third kappa shape index (κ3) is 2.30. The van der Waals surface area contributed by atoms with E-state index in [9.17, 15) is 0 Å². The van der Waals surface area contributed by atoms with Crippen LogP contribution in [-0.4, -0.2) is 30.2 Å².